The number of carbonyl (C=O) groups excluding carboxylic acids is 2. The van der Waals surface area contributed by atoms with Crippen LogP contribution in [0.1, 0.15) is 29.3 Å². The fourth-order valence-corrected chi connectivity index (χ4v) is 2.84. The lowest BCUT2D eigenvalue weighted by Crippen LogP contribution is -2.26. The summed E-state index contributed by atoms with van der Waals surface area (Å²) in [7, 11) is 1.33. The van der Waals surface area contributed by atoms with Gasteiger partial charge in [-0.2, -0.15) is 5.10 Å². The predicted molar refractivity (Wildman–Crippen MR) is 107 cm³/mol. The third kappa shape index (κ3) is 4.46. The summed E-state index contributed by atoms with van der Waals surface area (Å²) in [4.78, 5) is 24.0. The van der Waals surface area contributed by atoms with Crippen molar-refractivity contribution in [3.05, 3.63) is 71.9 Å². The van der Waals surface area contributed by atoms with Crippen molar-refractivity contribution in [2.45, 2.75) is 19.8 Å². The molecule has 28 heavy (non-hydrogen) atoms. The zero-order valence-electron chi connectivity index (χ0n) is 16.0. The average molecular weight is 377 g/mol. The molecule has 0 unspecified atom stereocenters. The molecule has 0 fully saturated rings. The van der Waals surface area contributed by atoms with Crippen molar-refractivity contribution >= 4 is 11.9 Å². The van der Waals surface area contributed by atoms with Crippen LogP contribution in [-0.2, 0) is 16.0 Å². The van der Waals surface area contributed by atoms with E-state index in [4.69, 9.17) is 0 Å². The molecule has 0 spiro atoms. The largest absolute Gasteiger partial charge is 0.469 e. The van der Waals surface area contributed by atoms with Crippen LogP contribution < -0.4 is 5.32 Å². The molecule has 3 rings (SSSR count). The molecule has 0 aliphatic rings. The minimum atomic E-state index is -0.365. The number of hydrogen-bond donors (Lipinski definition) is 1. The van der Waals surface area contributed by atoms with Crippen LogP contribution >= 0.6 is 0 Å². The summed E-state index contributed by atoms with van der Waals surface area (Å²) in [6.45, 7) is 2.30. The Labute approximate surface area is 164 Å². The fourth-order valence-electron chi connectivity index (χ4n) is 2.84. The minimum absolute atomic E-state index is 0.121. The first-order chi connectivity index (χ1) is 13.6. The normalized spacial score (nSPS) is 10.5. The van der Waals surface area contributed by atoms with Gasteiger partial charge in [0.1, 0.15) is 5.69 Å². The van der Waals surface area contributed by atoms with Crippen LogP contribution in [0.2, 0.25) is 0 Å². The van der Waals surface area contributed by atoms with Gasteiger partial charge in [-0.25, -0.2) is 4.68 Å². The van der Waals surface area contributed by atoms with Crippen LogP contribution in [0.25, 0.3) is 16.9 Å². The van der Waals surface area contributed by atoms with Gasteiger partial charge in [0, 0.05) is 18.3 Å². The number of nitrogens with zero attached hydrogens (tertiary/aromatic N) is 2. The first-order valence-corrected chi connectivity index (χ1v) is 9.21. The van der Waals surface area contributed by atoms with Gasteiger partial charge < -0.3 is 10.1 Å². The van der Waals surface area contributed by atoms with Crippen molar-refractivity contribution < 1.29 is 14.3 Å². The van der Waals surface area contributed by atoms with E-state index in [1.807, 2.05) is 54.6 Å². The van der Waals surface area contributed by atoms with Gasteiger partial charge in [0.25, 0.3) is 5.91 Å². The first-order valence-electron chi connectivity index (χ1n) is 9.21. The number of methoxy groups -OCH3 is 1. The Morgan fingerprint density at radius 2 is 1.79 bits per heavy atom. The van der Waals surface area contributed by atoms with Crippen molar-refractivity contribution in [1.29, 1.82) is 0 Å². The van der Waals surface area contributed by atoms with Crippen LogP contribution in [-0.4, -0.2) is 35.3 Å². The van der Waals surface area contributed by atoms with E-state index in [-0.39, 0.29) is 24.8 Å². The zero-order valence-corrected chi connectivity index (χ0v) is 16.0. The van der Waals surface area contributed by atoms with E-state index in [2.05, 4.69) is 22.1 Å². The highest BCUT2D eigenvalue weighted by Crippen LogP contribution is 2.24. The Kier molecular flexibility index (Phi) is 6.22. The Hall–Kier alpha value is -3.41. The molecule has 2 aromatic carbocycles. The molecular formula is C22H23N3O3. The van der Waals surface area contributed by atoms with E-state index in [9.17, 15) is 9.59 Å². The van der Waals surface area contributed by atoms with E-state index >= 15 is 0 Å². The van der Waals surface area contributed by atoms with Crippen LogP contribution in [0.3, 0.4) is 0 Å². The maximum Gasteiger partial charge on any atom is 0.307 e. The standard InChI is InChI=1S/C22H23N3O3/c1-3-16-9-11-17(12-10-16)21-19(22(27)23-14-13-20(26)28-2)15-25(24-21)18-7-5-4-6-8-18/h4-12,15H,3,13-14H2,1-2H3,(H,23,27). The fraction of sp³-hybridized carbons (Fsp3) is 0.227. The second-order valence-corrected chi connectivity index (χ2v) is 6.30. The van der Waals surface area contributed by atoms with Crippen LogP contribution in [0.5, 0.6) is 0 Å². The minimum Gasteiger partial charge on any atom is -0.469 e. The molecule has 1 N–H and O–H groups in total. The van der Waals surface area contributed by atoms with E-state index in [1.165, 1.54) is 12.7 Å². The van der Waals surface area contributed by atoms with Gasteiger partial charge in [-0.3, -0.25) is 9.59 Å². The van der Waals surface area contributed by atoms with Crippen LogP contribution in [0, 0.1) is 0 Å². The summed E-state index contributed by atoms with van der Waals surface area (Å²) < 4.78 is 6.30. The number of rotatable bonds is 7. The van der Waals surface area contributed by atoms with Crippen LogP contribution in [0.4, 0.5) is 0 Å². The van der Waals surface area contributed by atoms with Gasteiger partial charge in [0.2, 0.25) is 0 Å². The maximum absolute atomic E-state index is 12.8. The molecule has 0 atom stereocenters. The summed E-state index contributed by atoms with van der Waals surface area (Å²) in [6, 6.07) is 17.6. The molecule has 6 heteroatoms. The van der Waals surface area contributed by atoms with Gasteiger partial charge in [-0.05, 0) is 24.1 Å². The van der Waals surface area contributed by atoms with Gasteiger partial charge >= 0.3 is 5.97 Å². The number of amides is 1. The lowest BCUT2D eigenvalue weighted by atomic mass is 10.0. The molecule has 0 aliphatic heterocycles. The number of nitrogens with one attached hydrogen (secondary N) is 1. The lowest BCUT2D eigenvalue weighted by Gasteiger charge is -2.05. The molecule has 0 radical (unpaired) electrons. The second-order valence-electron chi connectivity index (χ2n) is 6.30. The predicted octanol–water partition coefficient (Wildman–Crippen LogP) is 3.39. The number of ether oxygens (including phenoxy) is 1. The Balaban J connectivity index is 1.92. The molecule has 1 aromatic heterocycles. The second kappa shape index (κ2) is 8.99. The third-order valence-corrected chi connectivity index (χ3v) is 4.46. The van der Waals surface area contributed by atoms with Crippen molar-refractivity contribution in [2.75, 3.05) is 13.7 Å². The van der Waals surface area contributed by atoms with Gasteiger partial charge in [0.15, 0.2) is 0 Å². The molecule has 3 aromatic rings. The Morgan fingerprint density at radius 1 is 1.07 bits per heavy atom. The van der Waals surface area contributed by atoms with Crippen molar-refractivity contribution in [1.82, 2.24) is 15.1 Å². The number of benzene rings is 2. The van der Waals surface area contributed by atoms with E-state index < -0.39 is 0 Å². The SMILES string of the molecule is CCc1ccc(-c2nn(-c3ccccc3)cc2C(=O)NCCC(=O)OC)cc1. The highest BCUT2D eigenvalue weighted by atomic mass is 16.5. The van der Waals surface area contributed by atoms with Crippen molar-refractivity contribution in [2.24, 2.45) is 0 Å². The summed E-state index contributed by atoms with van der Waals surface area (Å²) in [6.07, 6.45) is 2.78. The Morgan fingerprint density at radius 3 is 2.43 bits per heavy atom. The van der Waals surface area contributed by atoms with Gasteiger partial charge in [-0.15, -0.1) is 0 Å². The molecule has 1 heterocycles. The highest BCUT2D eigenvalue weighted by molar-refractivity contribution is 6.00. The molecule has 0 saturated carbocycles. The molecule has 0 saturated heterocycles. The molecule has 0 bridgehead atoms. The number of aromatic nitrogens is 2. The van der Waals surface area contributed by atoms with E-state index in [0.717, 1.165) is 17.7 Å². The smallest absolute Gasteiger partial charge is 0.307 e. The molecule has 0 aliphatic carbocycles. The zero-order chi connectivity index (χ0) is 19.9. The van der Waals surface area contributed by atoms with E-state index in [0.29, 0.717) is 11.3 Å². The maximum atomic E-state index is 12.8. The highest BCUT2D eigenvalue weighted by Gasteiger charge is 2.18. The number of para-hydroxylation sites is 1. The lowest BCUT2D eigenvalue weighted by molar-refractivity contribution is -0.140. The monoisotopic (exact) mass is 377 g/mol. The Bertz CT molecular complexity index is 947. The summed E-state index contributed by atoms with van der Waals surface area (Å²) in [5, 5.41) is 7.42. The molecule has 144 valence electrons. The van der Waals surface area contributed by atoms with Gasteiger partial charge in [-0.1, -0.05) is 49.4 Å². The molecule has 1 amide bonds. The molecular weight excluding hydrogens is 354 g/mol. The number of carbonyl (C=O) groups is 2. The van der Waals surface area contributed by atoms with Crippen molar-refractivity contribution in [3.8, 4) is 16.9 Å². The molecule has 6 nitrogen and oxygen atoms in total. The third-order valence-electron chi connectivity index (χ3n) is 4.46. The average Bonchev–Trinajstić information content (AvgIpc) is 3.20. The number of hydrogen-bond acceptors (Lipinski definition) is 4. The summed E-state index contributed by atoms with van der Waals surface area (Å²) >= 11 is 0. The quantitative estimate of drug-likeness (QED) is 0.641. The van der Waals surface area contributed by atoms with E-state index in [1.54, 1.807) is 10.9 Å². The summed E-state index contributed by atoms with van der Waals surface area (Å²) in [5.41, 5.74) is 4.00. The summed E-state index contributed by atoms with van der Waals surface area (Å²) in [5.74, 6) is -0.642. The number of esters is 1. The first kappa shape index (κ1) is 19.4. The number of aryl methyl sites for hydroxylation is 1. The van der Waals surface area contributed by atoms with Crippen molar-refractivity contribution in [3.63, 3.8) is 0 Å². The topological polar surface area (TPSA) is 73.2 Å². The van der Waals surface area contributed by atoms with Crippen LogP contribution in [0.15, 0.2) is 60.8 Å². The van der Waals surface area contributed by atoms with Gasteiger partial charge in [0.05, 0.1) is 24.8 Å².